The molecule has 0 spiro atoms. The van der Waals surface area contributed by atoms with E-state index in [1.165, 1.54) is 0 Å². The van der Waals surface area contributed by atoms with Gasteiger partial charge in [0.05, 0.1) is 24.9 Å². The molecule has 3 aromatic carbocycles. The fourth-order valence-electron chi connectivity index (χ4n) is 5.39. The van der Waals surface area contributed by atoms with E-state index in [0.717, 1.165) is 46.6 Å². The number of hydrogen-bond acceptors (Lipinski definition) is 6. The van der Waals surface area contributed by atoms with Gasteiger partial charge in [-0.05, 0) is 72.9 Å². The van der Waals surface area contributed by atoms with E-state index < -0.39 is 6.04 Å². The number of carbonyl (C=O) groups is 2. The summed E-state index contributed by atoms with van der Waals surface area (Å²) in [6.07, 6.45) is 0. The smallest absolute Gasteiger partial charge is 0.265 e. The SMILES string of the molecule is Cc1cc2c(cc1C)N(C(C)C(=O)NC(CN1CCOCC1)c1ccc(-c3ccc(N(C)C)cc3)cc1)C(=O)CO2. The van der Waals surface area contributed by atoms with Crippen LogP contribution in [0.25, 0.3) is 11.1 Å². The minimum Gasteiger partial charge on any atom is -0.482 e. The van der Waals surface area contributed by atoms with Crippen LogP contribution in [-0.2, 0) is 14.3 Å². The molecule has 2 aliphatic heterocycles. The summed E-state index contributed by atoms with van der Waals surface area (Å²) < 4.78 is 11.3. The van der Waals surface area contributed by atoms with Crippen LogP contribution in [0.3, 0.4) is 0 Å². The Morgan fingerprint density at radius 3 is 2.20 bits per heavy atom. The van der Waals surface area contributed by atoms with Gasteiger partial charge in [0.1, 0.15) is 11.8 Å². The normalized spacial score (nSPS) is 16.9. The van der Waals surface area contributed by atoms with E-state index in [0.29, 0.717) is 31.2 Å². The number of ether oxygens (including phenoxy) is 2. The zero-order chi connectivity index (χ0) is 29.1. The Kier molecular flexibility index (Phi) is 8.61. The van der Waals surface area contributed by atoms with E-state index in [1.54, 1.807) is 11.8 Å². The van der Waals surface area contributed by atoms with Crippen LogP contribution in [0, 0.1) is 13.8 Å². The van der Waals surface area contributed by atoms with Crippen molar-refractivity contribution >= 4 is 23.2 Å². The van der Waals surface area contributed by atoms with Crippen LogP contribution in [0.4, 0.5) is 11.4 Å². The van der Waals surface area contributed by atoms with E-state index in [4.69, 9.17) is 9.47 Å². The van der Waals surface area contributed by atoms with Crippen LogP contribution >= 0.6 is 0 Å². The maximum atomic E-state index is 13.8. The zero-order valence-corrected chi connectivity index (χ0v) is 24.6. The van der Waals surface area contributed by atoms with Crippen LogP contribution in [0.15, 0.2) is 60.7 Å². The number of amides is 2. The predicted molar refractivity (Wildman–Crippen MR) is 163 cm³/mol. The molecule has 8 nitrogen and oxygen atoms in total. The van der Waals surface area contributed by atoms with Crippen molar-refractivity contribution in [2.45, 2.75) is 32.9 Å². The number of hydrogen-bond donors (Lipinski definition) is 1. The predicted octanol–water partition coefficient (Wildman–Crippen LogP) is 4.34. The molecule has 0 bridgehead atoms. The maximum absolute atomic E-state index is 13.8. The van der Waals surface area contributed by atoms with Gasteiger partial charge >= 0.3 is 0 Å². The second-order valence-electron chi connectivity index (χ2n) is 11.2. The lowest BCUT2D eigenvalue weighted by molar-refractivity contribution is -0.128. The number of aryl methyl sites for hydroxylation is 2. The van der Waals surface area contributed by atoms with E-state index in [9.17, 15) is 9.59 Å². The summed E-state index contributed by atoms with van der Waals surface area (Å²) in [7, 11) is 4.06. The van der Waals surface area contributed by atoms with Gasteiger partial charge in [-0.1, -0.05) is 36.4 Å². The first-order valence-corrected chi connectivity index (χ1v) is 14.3. The van der Waals surface area contributed by atoms with E-state index in [1.807, 2.05) is 40.1 Å². The summed E-state index contributed by atoms with van der Waals surface area (Å²) in [5.74, 6) is 0.204. The van der Waals surface area contributed by atoms with Crippen LogP contribution < -0.4 is 19.9 Å². The highest BCUT2D eigenvalue weighted by atomic mass is 16.5. The number of carbonyl (C=O) groups excluding carboxylic acids is 2. The molecule has 2 heterocycles. The Balaban J connectivity index is 1.37. The molecule has 3 aromatic rings. The van der Waals surface area contributed by atoms with Gasteiger partial charge in [-0.15, -0.1) is 0 Å². The molecule has 0 saturated carbocycles. The second kappa shape index (κ2) is 12.3. The molecule has 2 amide bonds. The molecule has 0 aliphatic carbocycles. The molecule has 2 aliphatic rings. The fourth-order valence-corrected chi connectivity index (χ4v) is 5.39. The summed E-state index contributed by atoms with van der Waals surface area (Å²) in [6, 6.07) is 19.8. The van der Waals surface area contributed by atoms with Crippen molar-refractivity contribution in [2.24, 2.45) is 0 Å². The lowest BCUT2D eigenvalue weighted by Gasteiger charge is -2.35. The van der Waals surface area contributed by atoms with Crippen molar-refractivity contribution in [1.29, 1.82) is 0 Å². The number of nitrogens with zero attached hydrogens (tertiary/aromatic N) is 3. The van der Waals surface area contributed by atoms with Gasteiger partial charge in [-0.3, -0.25) is 19.4 Å². The van der Waals surface area contributed by atoms with Gasteiger partial charge < -0.3 is 19.7 Å². The number of benzene rings is 3. The number of fused-ring (bicyclic) bond motifs is 1. The van der Waals surface area contributed by atoms with Crippen molar-refractivity contribution in [2.75, 3.05) is 63.4 Å². The lowest BCUT2D eigenvalue weighted by Crippen LogP contribution is -2.53. The van der Waals surface area contributed by atoms with Crippen LogP contribution in [-0.4, -0.2) is 76.3 Å². The first-order chi connectivity index (χ1) is 19.7. The average molecular weight is 557 g/mol. The van der Waals surface area contributed by atoms with Gasteiger partial charge in [0.15, 0.2) is 6.61 Å². The molecule has 41 heavy (non-hydrogen) atoms. The third kappa shape index (κ3) is 6.39. The van der Waals surface area contributed by atoms with E-state index >= 15 is 0 Å². The largest absolute Gasteiger partial charge is 0.482 e. The molecule has 2 unspecified atom stereocenters. The van der Waals surface area contributed by atoms with Gasteiger partial charge in [-0.2, -0.15) is 0 Å². The molecular weight excluding hydrogens is 516 g/mol. The summed E-state index contributed by atoms with van der Waals surface area (Å²) >= 11 is 0. The van der Waals surface area contributed by atoms with Crippen molar-refractivity contribution in [3.8, 4) is 16.9 Å². The Hall–Kier alpha value is -3.88. The van der Waals surface area contributed by atoms with Gasteiger partial charge in [0.25, 0.3) is 5.91 Å². The Morgan fingerprint density at radius 2 is 1.56 bits per heavy atom. The summed E-state index contributed by atoms with van der Waals surface area (Å²) in [6.45, 7) is 9.34. The lowest BCUT2D eigenvalue weighted by atomic mass is 9.99. The maximum Gasteiger partial charge on any atom is 0.265 e. The molecule has 8 heteroatoms. The molecule has 216 valence electrons. The Morgan fingerprint density at radius 1 is 0.951 bits per heavy atom. The standard InChI is InChI=1S/C33H40N4O4/c1-22-18-30-31(19-23(22)2)41-21-32(38)37(30)24(3)33(39)34-29(20-36-14-16-40-17-15-36)27-8-6-25(7-9-27)26-10-12-28(13-11-26)35(4)5/h6-13,18-19,24,29H,14-17,20-21H2,1-5H3,(H,34,39). The Labute approximate surface area is 242 Å². The first kappa shape index (κ1) is 28.6. The number of rotatable bonds is 8. The summed E-state index contributed by atoms with van der Waals surface area (Å²) in [4.78, 5) is 32.7. The van der Waals surface area contributed by atoms with Crippen molar-refractivity contribution in [3.05, 3.63) is 77.4 Å². The quantitative estimate of drug-likeness (QED) is 0.445. The highest BCUT2D eigenvalue weighted by Gasteiger charge is 2.34. The van der Waals surface area contributed by atoms with E-state index in [2.05, 4.69) is 63.6 Å². The minimum atomic E-state index is -0.700. The molecule has 2 atom stereocenters. The molecular formula is C33H40N4O4. The monoisotopic (exact) mass is 556 g/mol. The molecule has 0 radical (unpaired) electrons. The highest BCUT2D eigenvalue weighted by molar-refractivity contribution is 6.04. The van der Waals surface area contributed by atoms with Gasteiger partial charge in [0.2, 0.25) is 5.91 Å². The number of anilines is 2. The third-order valence-electron chi connectivity index (χ3n) is 8.11. The van der Waals surface area contributed by atoms with Crippen molar-refractivity contribution < 1.29 is 19.1 Å². The average Bonchev–Trinajstić information content (AvgIpc) is 2.98. The fraction of sp³-hybridized carbons (Fsp3) is 0.394. The zero-order valence-electron chi connectivity index (χ0n) is 24.6. The highest BCUT2D eigenvalue weighted by Crippen LogP contribution is 2.36. The number of nitrogens with one attached hydrogen (secondary N) is 1. The second-order valence-corrected chi connectivity index (χ2v) is 11.2. The van der Waals surface area contributed by atoms with Gasteiger partial charge in [0, 0.05) is 39.4 Å². The van der Waals surface area contributed by atoms with Crippen LogP contribution in [0.5, 0.6) is 5.75 Å². The topological polar surface area (TPSA) is 74.4 Å². The van der Waals surface area contributed by atoms with Crippen molar-refractivity contribution in [3.63, 3.8) is 0 Å². The molecule has 5 rings (SSSR count). The summed E-state index contributed by atoms with van der Waals surface area (Å²) in [5, 5.41) is 3.27. The molecule has 1 N–H and O–H groups in total. The van der Waals surface area contributed by atoms with Crippen LogP contribution in [0.2, 0.25) is 0 Å². The summed E-state index contributed by atoms with van der Waals surface area (Å²) in [5.41, 5.74) is 7.19. The molecule has 1 saturated heterocycles. The van der Waals surface area contributed by atoms with Gasteiger partial charge in [-0.25, -0.2) is 0 Å². The van der Waals surface area contributed by atoms with Crippen molar-refractivity contribution in [1.82, 2.24) is 10.2 Å². The first-order valence-electron chi connectivity index (χ1n) is 14.3. The molecule has 1 fully saturated rings. The van der Waals surface area contributed by atoms with Crippen LogP contribution in [0.1, 0.15) is 29.7 Å². The third-order valence-corrected chi connectivity index (χ3v) is 8.11. The van der Waals surface area contributed by atoms with E-state index in [-0.39, 0.29) is 24.5 Å². The molecule has 0 aromatic heterocycles. The minimum absolute atomic E-state index is 0.0820. The Bertz CT molecular complexity index is 1380. The number of morpholine rings is 1.